The molecule has 4 heteroatoms. The molecular formula is C19H24N2O2. The Labute approximate surface area is 137 Å². The highest BCUT2D eigenvalue weighted by atomic mass is 16.5. The molecule has 4 N–H and O–H groups in total. The van der Waals surface area contributed by atoms with Crippen molar-refractivity contribution in [2.75, 3.05) is 0 Å². The van der Waals surface area contributed by atoms with Gasteiger partial charge in [0.2, 0.25) is 0 Å². The Morgan fingerprint density at radius 2 is 1.48 bits per heavy atom. The summed E-state index contributed by atoms with van der Waals surface area (Å²) in [5, 5.41) is 0. The van der Waals surface area contributed by atoms with Gasteiger partial charge in [-0.25, -0.2) is 0 Å². The van der Waals surface area contributed by atoms with E-state index in [0.717, 1.165) is 29.5 Å². The van der Waals surface area contributed by atoms with Crippen molar-refractivity contribution in [3.63, 3.8) is 0 Å². The highest BCUT2D eigenvalue weighted by Crippen LogP contribution is 2.25. The quantitative estimate of drug-likeness (QED) is 0.608. The van der Waals surface area contributed by atoms with Crippen molar-refractivity contribution >= 4 is 5.97 Å². The summed E-state index contributed by atoms with van der Waals surface area (Å²) < 4.78 is 5.54. The second kappa shape index (κ2) is 8.46. The van der Waals surface area contributed by atoms with Gasteiger partial charge < -0.3 is 16.2 Å². The Kier molecular flexibility index (Phi) is 6.32. The van der Waals surface area contributed by atoms with Gasteiger partial charge in [-0.05, 0) is 35.2 Å². The predicted octanol–water partition coefficient (Wildman–Crippen LogP) is 3.09. The van der Waals surface area contributed by atoms with Crippen molar-refractivity contribution in [3.05, 3.63) is 65.2 Å². The van der Waals surface area contributed by atoms with Crippen molar-refractivity contribution in [2.24, 2.45) is 11.5 Å². The highest BCUT2D eigenvalue weighted by molar-refractivity contribution is 5.80. The average molecular weight is 312 g/mol. The van der Waals surface area contributed by atoms with Crippen LogP contribution in [0.25, 0.3) is 0 Å². The highest BCUT2D eigenvalue weighted by Gasteiger charge is 2.22. The lowest BCUT2D eigenvalue weighted by molar-refractivity contribution is -0.136. The van der Waals surface area contributed by atoms with Gasteiger partial charge in [-0.15, -0.1) is 0 Å². The Morgan fingerprint density at radius 3 is 1.96 bits per heavy atom. The third-order valence-corrected chi connectivity index (χ3v) is 3.86. The van der Waals surface area contributed by atoms with Crippen molar-refractivity contribution in [3.8, 4) is 5.75 Å². The zero-order valence-corrected chi connectivity index (χ0v) is 13.5. The van der Waals surface area contributed by atoms with Crippen LogP contribution in [0.2, 0.25) is 0 Å². The second-order valence-corrected chi connectivity index (χ2v) is 5.56. The maximum absolute atomic E-state index is 12.5. The van der Waals surface area contributed by atoms with Crippen molar-refractivity contribution in [1.82, 2.24) is 0 Å². The Balaban J connectivity index is 2.13. The van der Waals surface area contributed by atoms with Gasteiger partial charge in [-0.3, -0.25) is 4.79 Å². The summed E-state index contributed by atoms with van der Waals surface area (Å²) in [6.45, 7) is 3.03. The van der Waals surface area contributed by atoms with Gasteiger partial charge in [-0.2, -0.15) is 0 Å². The van der Waals surface area contributed by atoms with E-state index in [-0.39, 0.29) is 11.9 Å². The molecule has 0 aliphatic heterocycles. The molecule has 1 atom stereocenters. The number of nitrogens with two attached hydrogens (primary N) is 2. The number of hydrogen-bond acceptors (Lipinski definition) is 4. The molecule has 1 unspecified atom stereocenters. The topological polar surface area (TPSA) is 78.3 Å². The second-order valence-electron chi connectivity index (χ2n) is 5.56. The van der Waals surface area contributed by atoms with E-state index in [1.165, 1.54) is 0 Å². The van der Waals surface area contributed by atoms with Gasteiger partial charge in [-0.1, -0.05) is 49.7 Å². The summed E-state index contributed by atoms with van der Waals surface area (Å²) in [5.74, 6) is 0.0562. The van der Waals surface area contributed by atoms with Gasteiger partial charge in [0.05, 0.1) is 5.92 Å². The Morgan fingerprint density at radius 1 is 0.957 bits per heavy atom. The molecule has 0 heterocycles. The normalized spacial score (nSPS) is 12.0. The van der Waals surface area contributed by atoms with Gasteiger partial charge in [0, 0.05) is 13.1 Å². The molecule has 0 spiro atoms. The van der Waals surface area contributed by atoms with Gasteiger partial charge in [0.1, 0.15) is 5.75 Å². The van der Waals surface area contributed by atoms with Crippen LogP contribution < -0.4 is 16.2 Å². The molecule has 23 heavy (non-hydrogen) atoms. The van der Waals surface area contributed by atoms with E-state index in [1.807, 2.05) is 36.4 Å². The molecule has 2 aromatic rings. The molecule has 2 aromatic carbocycles. The van der Waals surface area contributed by atoms with E-state index in [1.54, 1.807) is 12.1 Å². The Bertz CT molecular complexity index is 621. The molecule has 0 aliphatic rings. The standard InChI is InChI=1S/C19H24N2O2/c1-2-3-18(16-8-4-14(12-20)5-9-16)19(22)23-17-10-6-15(13-21)7-11-17/h4-11,18H,2-3,12-13,20-21H2,1H3. The Hall–Kier alpha value is -2.17. The van der Waals surface area contributed by atoms with Crippen LogP contribution in [0, 0.1) is 0 Å². The number of carbonyl (C=O) groups is 1. The van der Waals surface area contributed by atoms with Gasteiger partial charge in [0.25, 0.3) is 0 Å². The first-order valence-corrected chi connectivity index (χ1v) is 7.97. The molecular weight excluding hydrogens is 288 g/mol. The van der Waals surface area contributed by atoms with Crippen LogP contribution >= 0.6 is 0 Å². The third kappa shape index (κ3) is 4.65. The number of hydrogen-bond donors (Lipinski definition) is 2. The lowest BCUT2D eigenvalue weighted by Gasteiger charge is -2.16. The van der Waals surface area contributed by atoms with E-state index in [4.69, 9.17) is 16.2 Å². The van der Waals surface area contributed by atoms with E-state index in [2.05, 4.69) is 6.92 Å². The zero-order valence-electron chi connectivity index (χ0n) is 13.5. The van der Waals surface area contributed by atoms with E-state index < -0.39 is 0 Å². The SMILES string of the molecule is CCCC(C(=O)Oc1ccc(CN)cc1)c1ccc(CN)cc1. The van der Waals surface area contributed by atoms with Gasteiger partial charge in [0.15, 0.2) is 0 Å². The van der Waals surface area contributed by atoms with E-state index in [9.17, 15) is 4.79 Å². The first-order chi connectivity index (χ1) is 11.2. The fourth-order valence-electron chi connectivity index (χ4n) is 2.48. The maximum atomic E-state index is 12.5. The summed E-state index contributed by atoms with van der Waals surface area (Å²) in [4.78, 5) is 12.5. The number of esters is 1. The number of benzene rings is 2. The summed E-state index contributed by atoms with van der Waals surface area (Å²) in [6, 6.07) is 15.1. The fourth-order valence-corrected chi connectivity index (χ4v) is 2.48. The molecule has 0 radical (unpaired) electrons. The first kappa shape index (κ1) is 17.2. The number of carbonyl (C=O) groups excluding carboxylic acids is 1. The molecule has 0 saturated carbocycles. The smallest absolute Gasteiger partial charge is 0.318 e. The minimum atomic E-state index is -0.263. The minimum absolute atomic E-state index is 0.229. The summed E-state index contributed by atoms with van der Waals surface area (Å²) in [7, 11) is 0. The van der Waals surface area contributed by atoms with E-state index in [0.29, 0.717) is 18.8 Å². The van der Waals surface area contributed by atoms with Crippen LogP contribution in [0.1, 0.15) is 42.4 Å². The lowest BCUT2D eigenvalue weighted by atomic mass is 9.94. The van der Waals surface area contributed by atoms with Gasteiger partial charge >= 0.3 is 5.97 Å². The van der Waals surface area contributed by atoms with Crippen LogP contribution in [0.5, 0.6) is 5.75 Å². The minimum Gasteiger partial charge on any atom is -0.426 e. The van der Waals surface area contributed by atoms with E-state index >= 15 is 0 Å². The van der Waals surface area contributed by atoms with Crippen LogP contribution in [0.4, 0.5) is 0 Å². The molecule has 2 rings (SSSR count). The summed E-state index contributed by atoms with van der Waals surface area (Å²) in [6.07, 6.45) is 1.66. The molecule has 0 bridgehead atoms. The van der Waals surface area contributed by atoms with Crippen LogP contribution in [0.15, 0.2) is 48.5 Å². The average Bonchev–Trinajstić information content (AvgIpc) is 2.60. The monoisotopic (exact) mass is 312 g/mol. The third-order valence-electron chi connectivity index (χ3n) is 3.86. The largest absolute Gasteiger partial charge is 0.426 e. The maximum Gasteiger partial charge on any atom is 0.318 e. The van der Waals surface area contributed by atoms with Crippen molar-refractivity contribution in [1.29, 1.82) is 0 Å². The molecule has 0 fully saturated rings. The summed E-state index contributed by atoms with van der Waals surface area (Å²) >= 11 is 0. The number of ether oxygens (including phenoxy) is 1. The molecule has 4 nitrogen and oxygen atoms in total. The molecule has 0 saturated heterocycles. The molecule has 0 aromatic heterocycles. The van der Waals surface area contributed by atoms with Crippen LogP contribution in [-0.4, -0.2) is 5.97 Å². The molecule has 0 aliphatic carbocycles. The predicted molar refractivity (Wildman–Crippen MR) is 92.0 cm³/mol. The summed E-state index contributed by atoms with van der Waals surface area (Å²) in [5.41, 5.74) is 14.2. The number of rotatable bonds is 7. The first-order valence-electron chi connectivity index (χ1n) is 7.97. The molecule has 0 amide bonds. The van der Waals surface area contributed by atoms with Crippen LogP contribution in [0.3, 0.4) is 0 Å². The van der Waals surface area contributed by atoms with Crippen molar-refractivity contribution in [2.45, 2.75) is 38.8 Å². The van der Waals surface area contributed by atoms with Crippen LogP contribution in [-0.2, 0) is 17.9 Å². The lowest BCUT2D eigenvalue weighted by Crippen LogP contribution is -2.19. The fraction of sp³-hybridized carbons (Fsp3) is 0.316. The zero-order chi connectivity index (χ0) is 16.7. The van der Waals surface area contributed by atoms with Crippen molar-refractivity contribution < 1.29 is 9.53 Å². The molecule has 122 valence electrons.